The number of allylic oxidation sites excluding steroid dienone is 4. The Morgan fingerprint density at radius 2 is 1.16 bits per heavy atom. The minimum Gasteiger partial charge on any atom is -0.308 e. The minimum absolute atomic E-state index is 0.109. The third-order valence-corrected chi connectivity index (χ3v) is 9.42. The lowest BCUT2D eigenvalue weighted by molar-refractivity contribution is 0.854. The van der Waals surface area contributed by atoms with Crippen LogP contribution < -0.4 is 5.32 Å². The molecule has 0 spiro atoms. The Morgan fingerprint density at radius 3 is 1.62 bits per heavy atom. The molecular weight excluding hydrogens is 550 g/mol. The van der Waals surface area contributed by atoms with E-state index in [1.165, 1.54) is 10.8 Å². The maximum Gasteiger partial charge on any atom is 0.101 e. The molecule has 2 aromatic heterocycles. The zero-order valence-electron chi connectivity index (χ0n) is 24.4. The molecule has 0 bridgehead atoms. The van der Waals surface area contributed by atoms with Crippen LogP contribution in [0.4, 0.5) is 0 Å². The van der Waals surface area contributed by atoms with Crippen molar-refractivity contribution in [2.45, 2.75) is 12.5 Å². The number of nitrogens with zero attached hydrogens (tertiary/aromatic N) is 4. The summed E-state index contributed by atoms with van der Waals surface area (Å²) in [6.07, 6.45) is 6.83. The lowest BCUT2D eigenvalue weighted by atomic mass is 9.83. The molecule has 212 valence electrons. The normalized spacial score (nSPS) is 17.5. The Bertz CT molecular complexity index is 2400. The summed E-state index contributed by atoms with van der Waals surface area (Å²) in [5, 5.41) is 29.6. The van der Waals surface area contributed by atoms with Gasteiger partial charge < -0.3 is 14.5 Å². The maximum atomic E-state index is 10.9. The highest BCUT2D eigenvalue weighted by Crippen LogP contribution is 2.47. The summed E-state index contributed by atoms with van der Waals surface area (Å²) >= 11 is 0. The second kappa shape index (κ2) is 9.82. The average molecular weight is 578 g/mol. The van der Waals surface area contributed by atoms with E-state index in [9.17, 15) is 10.5 Å². The Kier molecular flexibility index (Phi) is 5.59. The first-order valence-electron chi connectivity index (χ1n) is 15.4. The summed E-state index contributed by atoms with van der Waals surface area (Å²) in [5.74, 6) is -0.359. The number of nitriles is 2. The standard InChI is InChI=1S/C40H27N5/c41-22-25-11-1-2-12-27(25)38-39(44-34-17-7-3-13-28(34)29-14-4-8-18-35(29)44)26(23-42)21-32(33-24-43-33)40(38)45-36-19-9-5-15-30(36)31-16-6-10-20-37(31)45/h1-10,12-21,25,33,43H,11,24H2. The molecule has 7 aromatic rings. The van der Waals surface area contributed by atoms with Crippen molar-refractivity contribution in [1.82, 2.24) is 14.5 Å². The van der Waals surface area contributed by atoms with Crippen LogP contribution in [0.5, 0.6) is 0 Å². The van der Waals surface area contributed by atoms with E-state index in [2.05, 4.69) is 148 Å². The number of hydrogen-bond donors (Lipinski definition) is 1. The van der Waals surface area contributed by atoms with Crippen molar-refractivity contribution in [2.75, 3.05) is 6.54 Å². The van der Waals surface area contributed by atoms with Crippen LogP contribution in [0.3, 0.4) is 0 Å². The van der Waals surface area contributed by atoms with Gasteiger partial charge in [-0.25, -0.2) is 0 Å². The van der Waals surface area contributed by atoms with Crippen molar-refractivity contribution in [3.63, 3.8) is 0 Å². The van der Waals surface area contributed by atoms with Gasteiger partial charge in [0.2, 0.25) is 0 Å². The summed E-state index contributed by atoms with van der Waals surface area (Å²) in [5.41, 5.74) is 9.64. The summed E-state index contributed by atoms with van der Waals surface area (Å²) < 4.78 is 4.63. The molecule has 5 heteroatoms. The van der Waals surface area contributed by atoms with Gasteiger partial charge in [0.05, 0.1) is 51.0 Å². The average Bonchev–Trinajstić information content (AvgIpc) is 3.83. The van der Waals surface area contributed by atoms with E-state index in [0.717, 1.165) is 67.5 Å². The Hall–Kier alpha value is -5.88. The first-order chi connectivity index (χ1) is 22.3. The highest BCUT2D eigenvalue weighted by Gasteiger charge is 2.35. The van der Waals surface area contributed by atoms with Crippen LogP contribution in [0, 0.1) is 28.6 Å². The molecule has 2 aliphatic rings. The van der Waals surface area contributed by atoms with Crippen LogP contribution in [0.1, 0.15) is 29.2 Å². The van der Waals surface area contributed by atoms with Crippen molar-refractivity contribution in [2.24, 2.45) is 5.92 Å². The van der Waals surface area contributed by atoms with Gasteiger partial charge in [-0.2, -0.15) is 10.5 Å². The quantitative estimate of drug-likeness (QED) is 0.212. The van der Waals surface area contributed by atoms with Crippen LogP contribution in [0.2, 0.25) is 0 Å². The zero-order chi connectivity index (χ0) is 30.1. The van der Waals surface area contributed by atoms with Gasteiger partial charge in [-0.3, -0.25) is 0 Å². The number of benzene rings is 5. The van der Waals surface area contributed by atoms with Crippen molar-refractivity contribution in [1.29, 1.82) is 10.5 Å². The van der Waals surface area contributed by atoms with Gasteiger partial charge in [0, 0.05) is 39.7 Å². The highest BCUT2D eigenvalue weighted by atomic mass is 15.1. The third kappa shape index (κ3) is 3.69. The molecule has 0 amide bonds. The topological polar surface area (TPSA) is 79.4 Å². The first kappa shape index (κ1) is 25.6. The highest BCUT2D eigenvalue weighted by molar-refractivity contribution is 6.12. The van der Waals surface area contributed by atoms with Gasteiger partial charge in [0.1, 0.15) is 6.07 Å². The van der Waals surface area contributed by atoms with Gasteiger partial charge in [0.25, 0.3) is 0 Å². The van der Waals surface area contributed by atoms with Crippen molar-refractivity contribution < 1.29 is 0 Å². The van der Waals surface area contributed by atoms with Gasteiger partial charge in [-0.05, 0) is 47.9 Å². The second-order valence-electron chi connectivity index (χ2n) is 11.9. The van der Waals surface area contributed by atoms with Gasteiger partial charge in [-0.1, -0.05) is 91.0 Å². The second-order valence-corrected chi connectivity index (χ2v) is 11.9. The molecule has 5 nitrogen and oxygen atoms in total. The largest absolute Gasteiger partial charge is 0.308 e. The van der Waals surface area contributed by atoms with Gasteiger partial charge in [-0.15, -0.1) is 0 Å². The van der Waals surface area contributed by atoms with Crippen molar-refractivity contribution in [3.8, 4) is 23.5 Å². The molecule has 3 heterocycles. The zero-order valence-corrected chi connectivity index (χ0v) is 24.4. The predicted octanol–water partition coefficient (Wildman–Crippen LogP) is 8.88. The van der Waals surface area contributed by atoms with Crippen LogP contribution >= 0.6 is 0 Å². The molecule has 2 unspecified atom stereocenters. The third-order valence-electron chi connectivity index (χ3n) is 9.42. The lowest BCUT2D eigenvalue weighted by Crippen LogP contribution is -2.15. The summed E-state index contributed by atoms with van der Waals surface area (Å²) in [4.78, 5) is 0. The fraction of sp³-hybridized carbons (Fsp3) is 0.100. The Balaban J connectivity index is 1.55. The van der Waals surface area contributed by atoms with Gasteiger partial charge >= 0.3 is 0 Å². The molecule has 1 fully saturated rings. The van der Waals surface area contributed by atoms with E-state index in [4.69, 9.17) is 0 Å². The maximum absolute atomic E-state index is 10.9. The van der Waals surface area contributed by atoms with Gasteiger partial charge in [0.15, 0.2) is 0 Å². The smallest absolute Gasteiger partial charge is 0.101 e. The molecule has 0 radical (unpaired) electrons. The molecule has 45 heavy (non-hydrogen) atoms. The van der Waals surface area contributed by atoms with E-state index in [1.54, 1.807) is 0 Å². The number of para-hydroxylation sites is 4. The number of hydrogen-bond acceptors (Lipinski definition) is 3. The van der Waals surface area contributed by atoms with E-state index in [1.807, 2.05) is 0 Å². The molecule has 9 rings (SSSR count). The molecule has 1 aliphatic carbocycles. The number of nitrogens with one attached hydrogen (secondary N) is 1. The van der Waals surface area contributed by atoms with Crippen LogP contribution in [0.15, 0.2) is 121 Å². The van der Waals surface area contributed by atoms with E-state index in [-0.39, 0.29) is 12.0 Å². The van der Waals surface area contributed by atoms with E-state index in [0.29, 0.717) is 12.0 Å². The Labute approximate surface area is 260 Å². The molecule has 2 atom stereocenters. The SMILES string of the molecule is N#Cc1cc(C2CN2)c(-n2c3ccccc3c3ccccc32)c(C2=CC=CCC2C#N)c1-n1c2ccccc2c2ccccc21. The fourth-order valence-corrected chi connectivity index (χ4v) is 7.40. The number of rotatable bonds is 4. The molecule has 1 saturated heterocycles. The molecule has 1 aliphatic heterocycles. The van der Waals surface area contributed by atoms with E-state index < -0.39 is 0 Å². The predicted molar refractivity (Wildman–Crippen MR) is 181 cm³/mol. The van der Waals surface area contributed by atoms with Crippen LogP contribution in [0.25, 0.3) is 60.6 Å². The monoisotopic (exact) mass is 577 g/mol. The summed E-state index contributed by atoms with van der Waals surface area (Å²) in [6.45, 7) is 0.837. The fourth-order valence-electron chi connectivity index (χ4n) is 7.40. The van der Waals surface area contributed by atoms with Crippen LogP contribution in [-0.2, 0) is 0 Å². The molecule has 0 saturated carbocycles. The lowest BCUT2D eigenvalue weighted by Gasteiger charge is -2.27. The minimum atomic E-state index is -0.359. The van der Waals surface area contributed by atoms with Crippen LogP contribution in [-0.4, -0.2) is 15.7 Å². The summed E-state index contributed by atoms with van der Waals surface area (Å²) in [7, 11) is 0. The van der Waals surface area contributed by atoms with Crippen molar-refractivity contribution >= 4 is 49.2 Å². The Morgan fingerprint density at radius 1 is 0.667 bits per heavy atom. The molecule has 5 aromatic carbocycles. The molecule has 1 N–H and O–H groups in total. The van der Waals surface area contributed by atoms with Crippen molar-refractivity contribution in [3.05, 3.63) is 138 Å². The van der Waals surface area contributed by atoms with E-state index >= 15 is 0 Å². The number of fused-ring (bicyclic) bond motifs is 6. The molecular formula is C40H27N5. The summed E-state index contributed by atoms with van der Waals surface area (Å²) in [6, 6.07) is 41.3. The first-order valence-corrected chi connectivity index (χ1v) is 15.4. The number of aromatic nitrogens is 2.